The van der Waals surface area contributed by atoms with Crippen molar-refractivity contribution in [1.29, 1.82) is 0 Å². The molecule has 0 aliphatic rings. The Bertz CT molecular complexity index is 1110. The minimum atomic E-state index is -0.0661. The highest BCUT2D eigenvalue weighted by molar-refractivity contribution is 7.10. The van der Waals surface area contributed by atoms with Crippen molar-refractivity contribution in [2.24, 2.45) is 0 Å². The number of pyridine rings is 1. The molecule has 4 nitrogen and oxygen atoms in total. The summed E-state index contributed by atoms with van der Waals surface area (Å²) in [6.45, 7) is 0.582. The number of thiophene rings is 1. The Morgan fingerprint density at radius 3 is 2.52 bits per heavy atom. The molecule has 0 aliphatic carbocycles. The third kappa shape index (κ3) is 4.21. The molecule has 2 N–H and O–H groups in total. The van der Waals surface area contributed by atoms with Gasteiger partial charge in [0.2, 0.25) is 0 Å². The van der Waals surface area contributed by atoms with E-state index in [1.165, 1.54) is 9.78 Å². The van der Waals surface area contributed by atoms with Gasteiger partial charge in [-0.3, -0.25) is 4.79 Å². The van der Waals surface area contributed by atoms with Crippen molar-refractivity contribution in [3.63, 3.8) is 0 Å². The third-order valence-electron chi connectivity index (χ3n) is 5.08. The second-order valence-corrected chi connectivity index (χ2v) is 8.27. The van der Waals surface area contributed by atoms with Crippen molar-refractivity contribution in [2.75, 3.05) is 20.6 Å². The molecule has 5 heteroatoms. The Kier molecular flexibility index (Phi) is 5.69. The average Bonchev–Trinajstić information content (AvgIpc) is 3.28. The van der Waals surface area contributed by atoms with Gasteiger partial charge in [-0.1, -0.05) is 54.6 Å². The highest BCUT2D eigenvalue weighted by Gasteiger charge is 2.21. The molecular formula is C24H24N3OS+. The lowest BCUT2D eigenvalue weighted by molar-refractivity contribution is -0.890. The number of carbonyl (C=O) groups is 1. The maximum atomic E-state index is 13.2. The van der Waals surface area contributed by atoms with Crippen molar-refractivity contribution in [2.45, 2.75) is 6.04 Å². The van der Waals surface area contributed by atoms with Crippen molar-refractivity contribution >= 4 is 28.1 Å². The number of aromatic nitrogens is 1. The molecular weight excluding hydrogens is 378 g/mol. The van der Waals surface area contributed by atoms with E-state index in [-0.39, 0.29) is 11.9 Å². The van der Waals surface area contributed by atoms with Crippen LogP contribution < -0.4 is 10.2 Å². The van der Waals surface area contributed by atoms with Crippen LogP contribution in [0.25, 0.3) is 22.2 Å². The van der Waals surface area contributed by atoms with Gasteiger partial charge in [0.25, 0.3) is 5.91 Å². The van der Waals surface area contributed by atoms with E-state index < -0.39 is 0 Å². The van der Waals surface area contributed by atoms with Gasteiger partial charge < -0.3 is 10.2 Å². The highest BCUT2D eigenvalue weighted by atomic mass is 32.1. The van der Waals surface area contributed by atoms with Crippen LogP contribution in [0.5, 0.6) is 0 Å². The number of amides is 1. The fourth-order valence-electron chi connectivity index (χ4n) is 3.49. The number of benzene rings is 2. The molecule has 0 fully saturated rings. The Morgan fingerprint density at radius 2 is 1.79 bits per heavy atom. The lowest BCUT2D eigenvalue weighted by Crippen LogP contribution is -3.06. The van der Waals surface area contributed by atoms with Crippen LogP contribution in [-0.2, 0) is 0 Å². The van der Waals surface area contributed by atoms with Gasteiger partial charge in [-0.25, -0.2) is 4.98 Å². The van der Waals surface area contributed by atoms with Crippen LogP contribution in [-0.4, -0.2) is 31.5 Å². The quantitative estimate of drug-likeness (QED) is 0.518. The van der Waals surface area contributed by atoms with Crippen LogP contribution in [0.4, 0.5) is 0 Å². The first-order valence-corrected chi connectivity index (χ1v) is 10.6. The first kappa shape index (κ1) is 19.3. The van der Waals surface area contributed by atoms with E-state index in [0.717, 1.165) is 22.2 Å². The van der Waals surface area contributed by atoms with Crippen LogP contribution in [0.2, 0.25) is 0 Å². The minimum absolute atomic E-state index is 0.0661. The number of nitrogens with one attached hydrogen (secondary N) is 2. The molecule has 146 valence electrons. The summed E-state index contributed by atoms with van der Waals surface area (Å²) in [5, 5.41) is 6.11. The van der Waals surface area contributed by atoms with Gasteiger partial charge in [-0.15, -0.1) is 11.3 Å². The minimum Gasteiger partial charge on any atom is -0.346 e. The predicted octanol–water partition coefficient (Wildman–Crippen LogP) is 3.58. The van der Waals surface area contributed by atoms with Crippen molar-refractivity contribution in [1.82, 2.24) is 10.3 Å². The number of carbonyl (C=O) groups excluding carboxylic acids is 1. The molecule has 1 amide bonds. The lowest BCUT2D eigenvalue weighted by atomic mass is 10.0. The SMILES string of the molecule is C[NH+](C)[C@H](CNC(=O)c1cc(-c2ccccc2)nc2ccccc12)c1cccs1. The molecule has 0 spiro atoms. The molecule has 0 saturated heterocycles. The molecule has 0 radical (unpaired) electrons. The number of fused-ring (bicyclic) bond motifs is 1. The zero-order valence-electron chi connectivity index (χ0n) is 16.6. The Morgan fingerprint density at radius 1 is 1.03 bits per heavy atom. The first-order chi connectivity index (χ1) is 14.1. The van der Waals surface area contributed by atoms with Crippen molar-refractivity contribution in [3.8, 4) is 11.3 Å². The molecule has 2 heterocycles. The second kappa shape index (κ2) is 8.55. The third-order valence-corrected chi connectivity index (χ3v) is 6.07. The number of hydrogen-bond acceptors (Lipinski definition) is 3. The van der Waals surface area contributed by atoms with Gasteiger partial charge in [0.1, 0.15) is 6.04 Å². The van der Waals surface area contributed by atoms with E-state index in [9.17, 15) is 4.79 Å². The van der Waals surface area contributed by atoms with Crippen molar-refractivity contribution in [3.05, 3.63) is 88.6 Å². The number of rotatable bonds is 6. The van der Waals surface area contributed by atoms with E-state index in [0.29, 0.717) is 12.1 Å². The summed E-state index contributed by atoms with van der Waals surface area (Å²) in [5.74, 6) is -0.0661. The zero-order valence-corrected chi connectivity index (χ0v) is 17.4. The summed E-state index contributed by atoms with van der Waals surface area (Å²) in [6, 6.07) is 24.1. The molecule has 1 atom stereocenters. The Labute approximate surface area is 174 Å². The summed E-state index contributed by atoms with van der Waals surface area (Å²) >= 11 is 1.73. The summed E-state index contributed by atoms with van der Waals surface area (Å²) in [4.78, 5) is 20.5. The smallest absolute Gasteiger partial charge is 0.252 e. The number of quaternary nitrogens is 1. The normalized spacial score (nSPS) is 12.2. The summed E-state index contributed by atoms with van der Waals surface area (Å²) in [7, 11) is 4.23. The van der Waals surface area contributed by atoms with Crippen LogP contribution in [0, 0.1) is 0 Å². The molecule has 29 heavy (non-hydrogen) atoms. The molecule has 4 rings (SSSR count). The van der Waals surface area contributed by atoms with Crippen LogP contribution in [0.3, 0.4) is 0 Å². The van der Waals surface area contributed by atoms with E-state index in [1.807, 2.05) is 60.7 Å². The standard InChI is InChI=1S/C24H23N3OS/c1-27(2)22(23-13-8-14-29-23)16-25-24(28)19-15-21(17-9-4-3-5-10-17)26-20-12-7-6-11-18(19)20/h3-15,22H,16H2,1-2H3,(H,25,28)/p+1/t22-/m1/s1. The lowest BCUT2D eigenvalue weighted by Gasteiger charge is -2.21. The van der Waals surface area contributed by atoms with Crippen LogP contribution in [0.1, 0.15) is 21.3 Å². The Balaban J connectivity index is 1.66. The molecule has 0 unspecified atom stereocenters. The highest BCUT2D eigenvalue weighted by Crippen LogP contribution is 2.25. The van der Waals surface area contributed by atoms with Crippen molar-refractivity contribution < 1.29 is 9.69 Å². The Hall–Kier alpha value is -3.02. The average molecular weight is 403 g/mol. The van der Waals surface area contributed by atoms with Crippen LogP contribution in [0.15, 0.2) is 78.2 Å². The molecule has 4 aromatic rings. The number of likely N-dealkylation sites (N-methyl/N-ethyl adjacent to an activating group) is 1. The van der Waals surface area contributed by atoms with Gasteiger partial charge in [-0.2, -0.15) is 0 Å². The molecule has 0 saturated carbocycles. The van der Waals surface area contributed by atoms with Gasteiger partial charge >= 0.3 is 0 Å². The van der Waals surface area contributed by atoms with E-state index in [4.69, 9.17) is 4.98 Å². The van der Waals surface area contributed by atoms with Gasteiger partial charge in [0.05, 0.1) is 42.3 Å². The molecule has 0 aliphatic heterocycles. The van der Waals surface area contributed by atoms with Gasteiger partial charge in [0, 0.05) is 10.9 Å². The van der Waals surface area contributed by atoms with Crippen LogP contribution >= 0.6 is 11.3 Å². The fourth-order valence-corrected chi connectivity index (χ4v) is 4.44. The number of hydrogen-bond donors (Lipinski definition) is 2. The maximum Gasteiger partial charge on any atom is 0.252 e. The monoisotopic (exact) mass is 402 g/mol. The van der Waals surface area contributed by atoms with Gasteiger partial charge in [-0.05, 0) is 23.6 Å². The maximum absolute atomic E-state index is 13.2. The van der Waals surface area contributed by atoms with Gasteiger partial charge in [0.15, 0.2) is 0 Å². The van der Waals surface area contributed by atoms with E-state index >= 15 is 0 Å². The molecule has 2 aromatic carbocycles. The number of nitrogens with zero attached hydrogens (tertiary/aromatic N) is 1. The first-order valence-electron chi connectivity index (χ1n) is 9.70. The van der Waals surface area contributed by atoms with E-state index in [2.05, 4.69) is 36.9 Å². The largest absolute Gasteiger partial charge is 0.346 e. The summed E-state index contributed by atoms with van der Waals surface area (Å²) in [5.41, 5.74) is 3.30. The van der Waals surface area contributed by atoms with E-state index in [1.54, 1.807) is 11.3 Å². The number of para-hydroxylation sites is 1. The molecule has 0 bridgehead atoms. The topological polar surface area (TPSA) is 46.4 Å². The fraction of sp³-hybridized carbons (Fsp3) is 0.167. The predicted molar refractivity (Wildman–Crippen MR) is 119 cm³/mol. The zero-order chi connectivity index (χ0) is 20.2. The summed E-state index contributed by atoms with van der Waals surface area (Å²) in [6.07, 6.45) is 0. The molecule has 2 aromatic heterocycles. The second-order valence-electron chi connectivity index (χ2n) is 7.29. The summed E-state index contributed by atoms with van der Waals surface area (Å²) < 4.78 is 0.